The zero-order valence-corrected chi connectivity index (χ0v) is 7.68. The van der Waals surface area contributed by atoms with Crippen molar-refractivity contribution in [3.63, 3.8) is 0 Å². The van der Waals surface area contributed by atoms with E-state index >= 15 is 0 Å². The summed E-state index contributed by atoms with van der Waals surface area (Å²) in [5.74, 6) is 3.09. The standard InChI is InChI=1S/C11H18N/c12-7-11-4-8-1-9(5-11)3-10(2-8)6-11/h8-10,12H,1-7H2. The zero-order valence-electron chi connectivity index (χ0n) is 7.68. The molecule has 0 heterocycles. The third-order valence-corrected chi connectivity index (χ3v) is 4.54. The fourth-order valence-electron chi connectivity index (χ4n) is 4.51. The van der Waals surface area contributed by atoms with Crippen molar-refractivity contribution in [3.05, 3.63) is 0 Å². The minimum atomic E-state index is 0.509. The Kier molecular flexibility index (Phi) is 1.39. The van der Waals surface area contributed by atoms with Crippen LogP contribution in [-0.4, -0.2) is 6.54 Å². The molecule has 67 valence electrons. The van der Waals surface area contributed by atoms with Crippen molar-refractivity contribution >= 4 is 0 Å². The van der Waals surface area contributed by atoms with Crippen LogP contribution < -0.4 is 5.73 Å². The minimum absolute atomic E-state index is 0.509. The molecule has 1 radical (unpaired) electrons. The minimum Gasteiger partial charge on any atom is -0.257 e. The zero-order chi connectivity index (χ0) is 8.18. The summed E-state index contributed by atoms with van der Waals surface area (Å²) in [5.41, 5.74) is 8.19. The fraction of sp³-hybridized carbons (Fsp3) is 1.00. The van der Waals surface area contributed by atoms with Crippen LogP contribution in [0.2, 0.25) is 0 Å². The van der Waals surface area contributed by atoms with Crippen molar-refractivity contribution in [1.82, 2.24) is 5.73 Å². The Bertz CT molecular complexity index is 162. The first-order chi connectivity index (χ1) is 5.80. The summed E-state index contributed by atoms with van der Waals surface area (Å²) in [5, 5.41) is 0. The van der Waals surface area contributed by atoms with E-state index < -0.39 is 0 Å². The Morgan fingerprint density at radius 1 is 0.917 bits per heavy atom. The van der Waals surface area contributed by atoms with Gasteiger partial charge in [-0.2, -0.15) is 0 Å². The van der Waals surface area contributed by atoms with E-state index in [0.717, 1.165) is 24.3 Å². The highest BCUT2D eigenvalue weighted by Crippen LogP contribution is 2.59. The highest BCUT2D eigenvalue weighted by molar-refractivity contribution is 5.01. The average Bonchev–Trinajstić information content (AvgIpc) is 2.02. The lowest BCUT2D eigenvalue weighted by atomic mass is 9.50. The van der Waals surface area contributed by atoms with Crippen LogP contribution in [0.25, 0.3) is 0 Å². The third-order valence-electron chi connectivity index (χ3n) is 4.54. The monoisotopic (exact) mass is 164 g/mol. The molecule has 0 aliphatic heterocycles. The van der Waals surface area contributed by atoms with E-state index in [1.54, 1.807) is 0 Å². The maximum atomic E-state index is 7.68. The second-order valence-electron chi connectivity index (χ2n) is 5.59. The summed E-state index contributed by atoms with van der Waals surface area (Å²) in [6.45, 7) is 0.719. The van der Waals surface area contributed by atoms with Crippen LogP contribution >= 0.6 is 0 Å². The first-order valence-corrected chi connectivity index (χ1v) is 5.44. The van der Waals surface area contributed by atoms with Crippen LogP contribution in [0.15, 0.2) is 0 Å². The van der Waals surface area contributed by atoms with Gasteiger partial charge in [0.2, 0.25) is 0 Å². The molecule has 0 saturated heterocycles. The third kappa shape index (κ3) is 0.891. The van der Waals surface area contributed by atoms with Crippen LogP contribution in [0.3, 0.4) is 0 Å². The lowest BCUT2D eigenvalue weighted by molar-refractivity contribution is -0.0476. The second-order valence-corrected chi connectivity index (χ2v) is 5.59. The highest BCUT2D eigenvalue weighted by atomic mass is 14.7. The van der Waals surface area contributed by atoms with Gasteiger partial charge in [-0.3, -0.25) is 5.73 Å². The quantitative estimate of drug-likeness (QED) is 0.568. The first kappa shape index (κ1) is 7.37. The Morgan fingerprint density at radius 3 is 1.67 bits per heavy atom. The van der Waals surface area contributed by atoms with Gasteiger partial charge in [-0.15, -0.1) is 0 Å². The van der Waals surface area contributed by atoms with Gasteiger partial charge >= 0.3 is 0 Å². The van der Waals surface area contributed by atoms with Gasteiger partial charge in [0, 0.05) is 6.54 Å². The van der Waals surface area contributed by atoms with Gasteiger partial charge in [0.05, 0.1) is 0 Å². The van der Waals surface area contributed by atoms with Gasteiger partial charge in [0.1, 0.15) is 0 Å². The van der Waals surface area contributed by atoms with Gasteiger partial charge in [-0.05, 0) is 61.7 Å². The predicted molar refractivity (Wildman–Crippen MR) is 48.6 cm³/mol. The molecule has 4 saturated carbocycles. The molecule has 0 amide bonds. The smallest absolute Gasteiger partial charge is 0.0157 e. The van der Waals surface area contributed by atoms with Crippen molar-refractivity contribution in [3.8, 4) is 0 Å². The Morgan fingerprint density at radius 2 is 1.33 bits per heavy atom. The molecule has 1 heteroatoms. The van der Waals surface area contributed by atoms with E-state index in [-0.39, 0.29) is 0 Å². The van der Waals surface area contributed by atoms with Crippen LogP contribution in [-0.2, 0) is 0 Å². The molecule has 0 unspecified atom stereocenters. The van der Waals surface area contributed by atoms with Gasteiger partial charge in [0.15, 0.2) is 0 Å². The van der Waals surface area contributed by atoms with Crippen LogP contribution in [0.4, 0.5) is 0 Å². The lowest BCUT2D eigenvalue weighted by Gasteiger charge is -2.56. The SMILES string of the molecule is [NH]CC12CC3CC(CC(C3)C1)C2. The van der Waals surface area contributed by atoms with Crippen LogP contribution in [0.1, 0.15) is 38.5 Å². The van der Waals surface area contributed by atoms with Crippen molar-refractivity contribution in [2.45, 2.75) is 38.5 Å². The molecular formula is C11H18N. The number of hydrogen-bond donors (Lipinski definition) is 0. The van der Waals surface area contributed by atoms with Gasteiger partial charge < -0.3 is 0 Å². The maximum Gasteiger partial charge on any atom is 0.0157 e. The molecule has 4 aliphatic carbocycles. The van der Waals surface area contributed by atoms with Crippen molar-refractivity contribution in [2.75, 3.05) is 6.54 Å². The fourth-order valence-corrected chi connectivity index (χ4v) is 4.51. The largest absolute Gasteiger partial charge is 0.257 e. The van der Waals surface area contributed by atoms with E-state index in [9.17, 15) is 0 Å². The normalized spacial score (nSPS) is 56.2. The van der Waals surface area contributed by atoms with E-state index in [1.165, 1.54) is 38.5 Å². The molecule has 1 N–H and O–H groups in total. The van der Waals surface area contributed by atoms with Crippen LogP contribution in [0.5, 0.6) is 0 Å². The molecule has 4 fully saturated rings. The molecule has 4 aliphatic rings. The molecule has 1 nitrogen and oxygen atoms in total. The predicted octanol–water partition coefficient (Wildman–Crippen LogP) is 2.49. The molecule has 4 rings (SSSR count). The summed E-state index contributed by atoms with van der Waals surface area (Å²) in [6, 6.07) is 0. The summed E-state index contributed by atoms with van der Waals surface area (Å²) in [7, 11) is 0. The average molecular weight is 164 g/mol. The number of rotatable bonds is 1. The van der Waals surface area contributed by atoms with E-state index in [4.69, 9.17) is 5.73 Å². The summed E-state index contributed by atoms with van der Waals surface area (Å²) in [6.07, 6.45) is 8.76. The van der Waals surface area contributed by atoms with E-state index in [0.29, 0.717) is 5.41 Å². The topological polar surface area (TPSA) is 23.8 Å². The molecular weight excluding hydrogens is 146 g/mol. The Labute approximate surface area is 74.7 Å². The second kappa shape index (κ2) is 2.25. The van der Waals surface area contributed by atoms with Crippen LogP contribution in [0, 0.1) is 23.2 Å². The van der Waals surface area contributed by atoms with Gasteiger partial charge in [-0.1, -0.05) is 0 Å². The first-order valence-electron chi connectivity index (χ1n) is 5.44. The summed E-state index contributed by atoms with van der Waals surface area (Å²) >= 11 is 0. The maximum absolute atomic E-state index is 7.68. The number of hydrogen-bond acceptors (Lipinski definition) is 0. The molecule has 0 aromatic heterocycles. The molecule has 0 aromatic carbocycles. The summed E-state index contributed by atoms with van der Waals surface area (Å²) in [4.78, 5) is 0. The van der Waals surface area contributed by atoms with Crippen molar-refractivity contribution < 1.29 is 0 Å². The summed E-state index contributed by atoms with van der Waals surface area (Å²) < 4.78 is 0. The molecule has 12 heavy (non-hydrogen) atoms. The van der Waals surface area contributed by atoms with E-state index in [2.05, 4.69) is 0 Å². The van der Waals surface area contributed by atoms with Crippen molar-refractivity contribution in [2.24, 2.45) is 23.2 Å². The molecule has 0 aromatic rings. The van der Waals surface area contributed by atoms with Gasteiger partial charge in [0.25, 0.3) is 0 Å². The molecule has 0 atom stereocenters. The Hall–Kier alpha value is -0.0400. The van der Waals surface area contributed by atoms with E-state index in [1.807, 2.05) is 0 Å². The van der Waals surface area contributed by atoms with Gasteiger partial charge in [-0.25, -0.2) is 0 Å². The highest BCUT2D eigenvalue weighted by Gasteiger charge is 2.50. The Balaban J connectivity index is 1.90. The molecule has 0 spiro atoms. The lowest BCUT2D eigenvalue weighted by Crippen LogP contribution is -2.48. The molecule has 4 bridgehead atoms. The van der Waals surface area contributed by atoms with Crippen molar-refractivity contribution in [1.29, 1.82) is 0 Å². The number of nitrogens with one attached hydrogen (secondary N) is 1.